The maximum absolute atomic E-state index is 12.9. The predicted octanol–water partition coefficient (Wildman–Crippen LogP) is 3.84. The molecule has 0 aliphatic rings. The first-order valence-corrected chi connectivity index (χ1v) is 4.62. The molecule has 1 nitrogen and oxygen atoms in total. The topological polar surface area (TPSA) is 13.1 Å². The molecular weight excluding hydrogens is 167 g/mol. The van der Waals surface area contributed by atoms with Gasteiger partial charge in [0.1, 0.15) is 5.76 Å². The average molecular weight is 184 g/mol. The van der Waals surface area contributed by atoms with Crippen molar-refractivity contribution in [2.45, 2.75) is 46.0 Å². The minimum atomic E-state index is -0.478. The highest BCUT2D eigenvalue weighted by Crippen LogP contribution is 2.32. The summed E-state index contributed by atoms with van der Waals surface area (Å²) in [7, 11) is 0. The van der Waals surface area contributed by atoms with E-state index in [2.05, 4.69) is 0 Å². The van der Waals surface area contributed by atoms with E-state index in [0.717, 1.165) is 11.3 Å². The van der Waals surface area contributed by atoms with Crippen LogP contribution in [0.5, 0.6) is 0 Å². The Morgan fingerprint density at radius 3 is 2.15 bits per heavy atom. The van der Waals surface area contributed by atoms with Crippen molar-refractivity contribution in [3.05, 3.63) is 23.4 Å². The van der Waals surface area contributed by atoms with Crippen molar-refractivity contribution in [3.63, 3.8) is 0 Å². The van der Waals surface area contributed by atoms with Crippen LogP contribution < -0.4 is 0 Å². The Balaban J connectivity index is 3.20. The van der Waals surface area contributed by atoms with Crippen LogP contribution in [0.2, 0.25) is 0 Å². The van der Waals surface area contributed by atoms with Crippen molar-refractivity contribution in [3.8, 4) is 0 Å². The highest BCUT2D eigenvalue weighted by atomic mass is 19.1. The predicted molar refractivity (Wildman–Crippen MR) is 51.5 cm³/mol. The van der Waals surface area contributed by atoms with Crippen LogP contribution in [0.1, 0.15) is 51.9 Å². The third-order valence-corrected chi connectivity index (χ3v) is 2.03. The fourth-order valence-corrected chi connectivity index (χ4v) is 1.39. The zero-order chi connectivity index (χ0) is 10.2. The van der Waals surface area contributed by atoms with E-state index < -0.39 is 6.01 Å². The second-order valence-corrected chi connectivity index (χ2v) is 4.74. The van der Waals surface area contributed by atoms with Gasteiger partial charge in [-0.1, -0.05) is 34.6 Å². The van der Waals surface area contributed by atoms with E-state index in [1.807, 2.05) is 34.6 Å². The molecule has 0 radical (unpaired) electrons. The maximum Gasteiger partial charge on any atom is 0.278 e. The van der Waals surface area contributed by atoms with E-state index in [1.54, 1.807) is 0 Å². The van der Waals surface area contributed by atoms with Crippen LogP contribution in [0.25, 0.3) is 0 Å². The molecule has 0 aliphatic heterocycles. The molecule has 0 saturated heterocycles. The van der Waals surface area contributed by atoms with Gasteiger partial charge in [0.25, 0.3) is 6.01 Å². The Morgan fingerprint density at radius 2 is 1.85 bits per heavy atom. The van der Waals surface area contributed by atoms with E-state index >= 15 is 0 Å². The molecule has 1 aromatic rings. The van der Waals surface area contributed by atoms with Gasteiger partial charge in [-0.3, -0.25) is 0 Å². The summed E-state index contributed by atoms with van der Waals surface area (Å²) in [5.41, 5.74) is 0.856. The molecule has 1 rings (SSSR count). The second kappa shape index (κ2) is 3.17. The van der Waals surface area contributed by atoms with E-state index in [-0.39, 0.29) is 5.41 Å². The Morgan fingerprint density at radius 1 is 1.31 bits per heavy atom. The summed E-state index contributed by atoms with van der Waals surface area (Å²) in [6, 6.07) is 1.01. The van der Waals surface area contributed by atoms with Crippen molar-refractivity contribution in [2.24, 2.45) is 0 Å². The van der Waals surface area contributed by atoms with Gasteiger partial charge in [0, 0.05) is 11.5 Å². The first-order valence-electron chi connectivity index (χ1n) is 4.62. The van der Waals surface area contributed by atoms with Crippen molar-refractivity contribution in [1.82, 2.24) is 0 Å². The van der Waals surface area contributed by atoms with Crippen LogP contribution >= 0.6 is 0 Å². The lowest BCUT2D eigenvalue weighted by molar-refractivity contribution is 0.301. The third-order valence-electron chi connectivity index (χ3n) is 2.03. The number of rotatable bonds is 1. The van der Waals surface area contributed by atoms with Crippen LogP contribution in [0, 0.1) is 6.01 Å². The van der Waals surface area contributed by atoms with Gasteiger partial charge < -0.3 is 4.42 Å². The molecule has 0 spiro atoms. The summed E-state index contributed by atoms with van der Waals surface area (Å²) in [4.78, 5) is 0. The highest BCUT2D eigenvalue weighted by Gasteiger charge is 2.24. The number of furan rings is 1. The largest absolute Gasteiger partial charge is 0.435 e. The van der Waals surface area contributed by atoms with Gasteiger partial charge in [-0.15, -0.1) is 0 Å². The molecular formula is C11H17FO. The molecule has 0 N–H and O–H groups in total. The molecule has 74 valence electrons. The number of hydrogen-bond acceptors (Lipinski definition) is 1. The molecule has 0 bridgehead atoms. The number of halogens is 1. The van der Waals surface area contributed by atoms with Gasteiger partial charge in [-0.05, 0) is 11.5 Å². The minimum Gasteiger partial charge on any atom is -0.435 e. The number of hydrogen-bond donors (Lipinski definition) is 0. The highest BCUT2D eigenvalue weighted by molar-refractivity contribution is 5.26. The first-order chi connectivity index (χ1) is 5.82. The molecule has 0 aromatic carbocycles. The van der Waals surface area contributed by atoms with Gasteiger partial charge in [-0.2, -0.15) is 4.39 Å². The van der Waals surface area contributed by atoms with Crippen LogP contribution in [0.4, 0.5) is 4.39 Å². The quantitative estimate of drug-likeness (QED) is 0.646. The lowest BCUT2D eigenvalue weighted by Crippen LogP contribution is -2.12. The van der Waals surface area contributed by atoms with Crippen molar-refractivity contribution >= 4 is 0 Å². The lowest BCUT2D eigenvalue weighted by atomic mass is 9.87. The van der Waals surface area contributed by atoms with Gasteiger partial charge in [-0.25, -0.2) is 0 Å². The first kappa shape index (κ1) is 10.3. The van der Waals surface area contributed by atoms with Crippen molar-refractivity contribution < 1.29 is 8.81 Å². The Kier molecular flexibility index (Phi) is 2.51. The van der Waals surface area contributed by atoms with Crippen LogP contribution in [-0.2, 0) is 5.41 Å². The van der Waals surface area contributed by atoms with Crippen LogP contribution in [0.15, 0.2) is 10.5 Å². The zero-order valence-electron chi connectivity index (χ0n) is 8.94. The molecule has 1 heterocycles. The van der Waals surface area contributed by atoms with Crippen LogP contribution in [-0.4, -0.2) is 0 Å². The standard InChI is InChI=1S/C11H17FO/c1-7(2)8-6-9(12)13-10(8)11(3,4)5/h6-7H,1-5H3. The van der Waals surface area contributed by atoms with E-state index in [4.69, 9.17) is 4.42 Å². The monoisotopic (exact) mass is 184 g/mol. The lowest BCUT2D eigenvalue weighted by Gasteiger charge is -2.18. The Bertz CT molecular complexity index is 292. The summed E-state index contributed by atoms with van der Waals surface area (Å²) < 4.78 is 18.0. The summed E-state index contributed by atoms with van der Waals surface area (Å²) in [6.07, 6.45) is 0. The maximum atomic E-state index is 12.9. The molecule has 2 heteroatoms. The molecule has 1 aromatic heterocycles. The summed E-state index contributed by atoms with van der Waals surface area (Å²) in [5.74, 6) is 1.07. The smallest absolute Gasteiger partial charge is 0.278 e. The fraction of sp³-hybridized carbons (Fsp3) is 0.636. The summed E-state index contributed by atoms with van der Waals surface area (Å²) in [6.45, 7) is 10.2. The Hall–Kier alpha value is -0.790. The SMILES string of the molecule is CC(C)c1cc(F)oc1C(C)(C)C. The van der Waals surface area contributed by atoms with Crippen molar-refractivity contribution in [1.29, 1.82) is 0 Å². The minimum absolute atomic E-state index is 0.121. The third kappa shape index (κ3) is 2.11. The van der Waals surface area contributed by atoms with Gasteiger partial charge in [0.05, 0.1) is 0 Å². The molecule has 0 fully saturated rings. The molecule has 0 saturated carbocycles. The van der Waals surface area contributed by atoms with Gasteiger partial charge >= 0.3 is 0 Å². The van der Waals surface area contributed by atoms with Crippen LogP contribution in [0.3, 0.4) is 0 Å². The molecule has 0 unspecified atom stereocenters. The summed E-state index contributed by atoms with van der Waals surface area (Å²) >= 11 is 0. The fourth-order valence-electron chi connectivity index (χ4n) is 1.39. The second-order valence-electron chi connectivity index (χ2n) is 4.74. The van der Waals surface area contributed by atoms with Crippen molar-refractivity contribution in [2.75, 3.05) is 0 Å². The summed E-state index contributed by atoms with van der Waals surface area (Å²) in [5, 5.41) is 0. The van der Waals surface area contributed by atoms with Gasteiger partial charge in [0.15, 0.2) is 0 Å². The molecule has 0 atom stereocenters. The molecule has 13 heavy (non-hydrogen) atoms. The zero-order valence-corrected chi connectivity index (χ0v) is 8.94. The van der Waals surface area contributed by atoms with E-state index in [9.17, 15) is 4.39 Å². The van der Waals surface area contributed by atoms with Gasteiger partial charge in [0.2, 0.25) is 0 Å². The normalized spacial score (nSPS) is 12.5. The van der Waals surface area contributed by atoms with E-state index in [0.29, 0.717) is 5.92 Å². The Labute approximate surface area is 78.9 Å². The molecule has 0 amide bonds. The molecule has 0 aliphatic carbocycles. The average Bonchev–Trinajstić information content (AvgIpc) is 2.29. The van der Waals surface area contributed by atoms with E-state index in [1.165, 1.54) is 6.07 Å².